The van der Waals surface area contributed by atoms with E-state index in [-0.39, 0.29) is 5.56 Å². The summed E-state index contributed by atoms with van der Waals surface area (Å²) in [4.78, 5) is 0. The van der Waals surface area contributed by atoms with E-state index in [9.17, 15) is 13.2 Å². The molecule has 2 rings (SSSR count). The molecule has 100 valence electrons. The predicted octanol–water partition coefficient (Wildman–Crippen LogP) is 3.88. The molecule has 0 atom stereocenters. The summed E-state index contributed by atoms with van der Waals surface area (Å²) in [5.41, 5.74) is 1.64. The highest BCUT2D eigenvalue weighted by molar-refractivity contribution is 5.64. The van der Waals surface area contributed by atoms with Crippen LogP contribution in [0, 0.1) is 17.5 Å². The summed E-state index contributed by atoms with van der Waals surface area (Å²) in [5.74, 6) is -2.99. The molecule has 0 unspecified atom stereocenters. The lowest BCUT2D eigenvalue weighted by Gasteiger charge is -2.07. The Kier molecular flexibility index (Phi) is 4.22. The van der Waals surface area contributed by atoms with Gasteiger partial charge in [-0.2, -0.15) is 0 Å². The lowest BCUT2D eigenvalue weighted by atomic mass is 10.0. The first kappa shape index (κ1) is 13.6. The van der Waals surface area contributed by atoms with E-state index in [0.717, 1.165) is 24.7 Å². The Morgan fingerprint density at radius 3 is 2.16 bits per heavy atom. The second-order valence-corrected chi connectivity index (χ2v) is 4.22. The molecule has 0 aliphatic carbocycles. The van der Waals surface area contributed by atoms with E-state index in [1.54, 1.807) is 12.1 Å². The average Bonchev–Trinajstić information content (AvgIpc) is 2.41. The van der Waals surface area contributed by atoms with Crippen LogP contribution in [0.25, 0.3) is 11.1 Å². The summed E-state index contributed by atoms with van der Waals surface area (Å²) in [6.45, 7) is 3.58. The molecule has 1 nitrogen and oxygen atoms in total. The fourth-order valence-electron chi connectivity index (χ4n) is 1.82. The van der Waals surface area contributed by atoms with Gasteiger partial charge in [-0.3, -0.25) is 0 Å². The molecule has 0 heterocycles. The maximum atomic E-state index is 13.6. The van der Waals surface area contributed by atoms with Crippen LogP contribution in [0.1, 0.15) is 12.5 Å². The Morgan fingerprint density at radius 2 is 1.53 bits per heavy atom. The van der Waals surface area contributed by atoms with Gasteiger partial charge in [0, 0.05) is 18.2 Å². The van der Waals surface area contributed by atoms with Crippen molar-refractivity contribution < 1.29 is 13.2 Å². The van der Waals surface area contributed by atoms with Crippen LogP contribution in [-0.2, 0) is 6.54 Å². The largest absolute Gasteiger partial charge is 0.313 e. The van der Waals surface area contributed by atoms with Crippen LogP contribution in [0.4, 0.5) is 13.2 Å². The van der Waals surface area contributed by atoms with Crippen LogP contribution in [0.2, 0.25) is 0 Å². The lowest BCUT2D eigenvalue weighted by molar-refractivity contribution is 0.496. The number of rotatable bonds is 4. The second kappa shape index (κ2) is 5.89. The molecule has 0 bridgehead atoms. The number of nitrogens with one attached hydrogen (secondary N) is 1. The van der Waals surface area contributed by atoms with Crippen molar-refractivity contribution in [2.24, 2.45) is 0 Å². The topological polar surface area (TPSA) is 12.0 Å². The third-order valence-corrected chi connectivity index (χ3v) is 2.85. The minimum absolute atomic E-state index is 0.0638. The maximum absolute atomic E-state index is 13.6. The standard InChI is InChI=1S/C15H14F3N/c1-2-19-9-10-3-5-11(6-4-10)12-7-14(17)15(18)8-13(12)16/h3-8,19H,2,9H2,1H3. The van der Waals surface area contributed by atoms with E-state index < -0.39 is 17.5 Å². The normalized spacial score (nSPS) is 10.7. The van der Waals surface area contributed by atoms with E-state index in [2.05, 4.69) is 5.32 Å². The van der Waals surface area contributed by atoms with E-state index in [1.807, 2.05) is 19.1 Å². The van der Waals surface area contributed by atoms with Crippen molar-refractivity contribution in [3.05, 3.63) is 59.4 Å². The van der Waals surface area contributed by atoms with Crippen LogP contribution in [-0.4, -0.2) is 6.54 Å². The van der Waals surface area contributed by atoms with Crippen LogP contribution < -0.4 is 5.32 Å². The first-order valence-corrected chi connectivity index (χ1v) is 6.06. The SMILES string of the molecule is CCNCc1ccc(-c2cc(F)c(F)cc2F)cc1. The van der Waals surface area contributed by atoms with E-state index in [4.69, 9.17) is 0 Å². The Labute approximate surface area is 110 Å². The second-order valence-electron chi connectivity index (χ2n) is 4.22. The smallest absolute Gasteiger partial charge is 0.161 e. The molecule has 0 aromatic heterocycles. The highest BCUT2D eigenvalue weighted by Crippen LogP contribution is 2.25. The van der Waals surface area contributed by atoms with Crippen molar-refractivity contribution in [2.75, 3.05) is 6.54 Å². The van der Waals surface area contributed by atoms with Gasteiger partial charge in [0.15, 0.2) is 11.6 Å². The van der Waals surface area contributed by atoms with E-state index in [1.165, 1.54) is 0 Å². The van der Waals surface area contributed by atoms with Crippen LogP contribution in [0.5, 0.6) is 0 Å². The fourth-order valence-corrected chi connectivity index (χ4v) is 1.82. The number of benzene rings is 2. The summed E-state index contributed by atoms with van der Waals surface area (Å²) in [5, 5.41) is 3.17. The summed E-state index contributed by atoms with van der Waals surface area (Å²) in [6, 6.07) is 8.50. The minimum atomic E-state index is -1.18. The average molecular weight is 265 g/mol. The van der Waals surface area contributed by atoms with Gasteiger partial charge in [0.1, 0.15) is 5.82 Å². The van der Waals surface area contributed by atoms with Crippen LogP contribution >= 0.6 is 0 Å². The number of hydrogen-bond acceptors (Lipinski definition) is 1. The molecule has 0 aliphatic rings. The Morgan fingerprint density at radius 1 is 0.895 bits per heavy atom. The Balaban J connectivity index is 2.29. The molecule has 0 aliphatic heterocycles. The fraction of sp³-hybridized carbons (Fsp3) is 0.200. The van der Waals surface area contributed by atoms with Gasteiger partial charge in [0.25, 0.3) is 0 Å². The molecule has 4 heteroatoms. The highest BCUT2D eigenvalue weighted by Gasteiger charge is 2.11. The molecule has 0 amide bonds. The lowest BCUT2D eigenvalue weighted by Crippen LogP contribution is -2.11. The van der Waals surface area contributed by atoms with Crippen molar-refractivity contribution in [3.8, 4) is 11.1 Å². The van der Waals surface area contributed by atoms with Gasteiger partial charge in [0.2, 0.25) is 0 Å². The summed E-state index contributed by atoms with van der Waals surface area (Å²) in [7, 11) is 0. The minimum Gasteiger partial charge on any atom is -0.313 e. The van der Waals surface area contributed by atoms with Gasteiger partial charge in [-0.15, -0.1) is 0 Å². The third kappa shape index (κ3) is 3.15. The zero-order chi connectivity index (χ0) is 13.8. The molecule has 0 fully saturated rings. The molecular weight excluding hydrogens is 251 g/mol. The van der Waals surface area contributed by atoms with Gasteiger partial charge in [-0.1, -0.05) is 31.2 Å². The zero-order valence-corrected chi connectivity index (χ0v) is 10.5. The summed E-state index contributed by atoms with van der Waals surface area (Å²) in [6.07, 6.45) is 0. The van der Waals surface area contributed by atoms with Gasteiger partial charge >= 0.3 is 0 Å². The molecule has 2 aromatic rings. The van der Waals surface area contributed by atoms with Gasteiger partial charge in [-0.05, 0) is 23.7 Å². The van der Waals surface area contributed by atoms with Crippen LogP contribution in [0.15, 0.2) is 36.4 Å². The monoisotopic (exact) mass is 265 g/mol. The van der Waals surface area contributed by atoms with E-state index in [0.29, 0.717) is 11.6 Å². The zero-order valence-electron chi connectivity index (χ0n) is 10.5. The number of hydrogen-bond donors (Lipinski definition) is 1. The van der Waals surface area contributed by atoms with Crippen molar-refractivity contribution >= 4 is 0 Å². The van der Waals surface area contributed by atoms with Crippen molar-refractivity contribution in [3.63, 3.8) is 0 Å². The van der Waals surface area contributed by atoms with Gasteiger partial charge in [-0.25, -0.2) is 13.2 Å². The molecule has 2 aromatic carbocycles. The van der Waals surface area contributed by atoms with Gasteiger partial charge in [0.05, 0.1) is 0 Å². The Hall–Kier alpha value is -1.81. The maximum Gasteiger partial charge on any atom is 0.161 e. The molecule has 1 N–H and O–H groups in total. The first-order chi connectivity index (χ1) is 9.11. The van der Waals surface area contributed by atoms with Crippen LogP contribution in [0.3, 0.4) is 0 Å². The summed E-state index contributed by atoms with van der Waals surface area (Å²) >= 11 is 0. The molecular formula is C15H14F3N. The van der Waals surface area contributed by atoms with Gasteiger partial charge < -0.3 is 5.32 Å². The summed E-state index contributed by atoms with van der Waals surface area (Å²) < 4.78 is 39.6. The molecule has 0 spiro atoms. The van der Waals surface area contributed by atoms with Crippen molar-refractivity contribution in [1.29, 1.82) is 0 Å². The number of halogens is 3. The Bertz CT molecular complexity index is 564. The van der Waals surface area contributed by atoms with E-state index >= 15 is 0 Å². The molecule has 0 radical (unpaired) electrons. The molecule has 0 saturated carbocycles. The van der Waals surface area contributed by atoms with Crippen molar-refractivity contribution in [2.45, 2.75) is 13.5 Å². The molecule has 19 heavy (non-hydrogen) atoms. The van der Waals surface area contributed by atoms with Crippen molar-refractivity contribution in [1.82, 2.24) is 5.32 Å². The first-order valence-electron chi connectivity index (χ1n) is 6.06. The third-order valence-electron chi connectivity index (χ3n) is 2.85. The molecule has 0 saturated heterocycles. The predicted molar refractivity (Wildman–Crippen MR) is 69.1 cm³/mol. The quantitative estimate of drug-likeness (QED) is 0.827. The highest BCUT2D eigenvalue weighted by atomic mass is 19.2.